The van der Waals surface area contributed by atoms with Crippen LogP contribution in [0.15, 0.2) is 35.5 Å². The van der Waals surface area contributed by atoms with Crippen molar-refractivity contribution in [3.8, 4) is 5.75 Å². The Bertz CT molecular complexity index is 652. The van der Waals surface area contributed by atoms with Gasteiger partial charge in [-0.2, -0.15) is 5.10 Å². The maximum Gasteiger partial charge on any atom is 0.261 e. The Morgan fingerprint density at radius 3 is 2.58 bits per heavy atom. The van der Waals surface area contributed by atoms with E-state index in [1.807, 2.05) is 6.92 Å². The van der Waals surface area contributed by atoms with Crippen LogP contribution in [0.4, 0.5) is 0 Å². The third-order valence-corrected chi connectivity index (χ3v) is 3.84. The number of aromatic nitrogens is 3. The van der Waals surface area contributed by atoms with Gasteiger partial charge in [0.25, 0.3) is 9.05 Å². The zero-order valence-electron chi connectivity index (χ0n) is 10.2. The van der Waals surface area contributed by atoms with Crippen molar-refractivity contribution in [3.05, 3.63) is 36.4 Å². The molecule has 0 N–H and O–H groups in total. The fraction of sp³-hybridized carbons (Fsp3) is 0.273. The van der Waals surface area contributed by atoms with Gasteiger partial charge in [-0.1, -0.05) is 0 Å². The van der Waals surface area contributed by atoms with E-state index in [0.717, 1.165) is 0 Å². The fourth-order valence-corrected chi connectivity index (χ4v) is 2.28. The number of nitrogens with zero attached hydrogens (tertiary/aromatic N) is 3. The maximum absolute atomic E-state index is 11.1. The van der Waals surface area contributed by atoms with Crippen LogP contribution in [0.25, 0.3) is 0 Å². The Balaban J connectivity index is 2.05. The van der Waals surface area contributed by atoms with Gasteiger partial charge in [0, 0.05) is 17.2 Å². The molecule has 19 heavy (non-hydrogen) atoms. The Morgan fingerprint density at radius 2 is 2.00 bits per heavy atom. The highest BCUT2D eigenvalue weighted by atomic mass is 35.7. The minimum absolute atomic E-state index is 0.0400. The second kappa shape index (κ2) is 5.58. The lowest BCUT2D eigenvalue weighted by molar-refractivity contribution is 0.287. The second-order valence-electron chi connectivity index (χ2n) is 3.69. The smallest absolute Gasteiger partial charge is 0.261 e. The van der Waals surface area contributed by atoms with Gasteiger partial charge >= 0.3 is 0 Å². The van der Waals surface area contributed by atoms with Crippen LogP contribution in [0, 0.1) is 0 Å². The summed E-state index contributed by atoms with van der Waals surface area (Å²) in [5.41, 5.74) is 0. The first-order chi connectivity index (χ1) is 9.00. The highest BCUT2D eigenvalue weighted by Gasteiger charge is 2.09. The average molecular weight is 302 g/mol. The van der Waals surface area contributed by atoms with E-state index >= 15 is 0 Å². The summed E-state index contributed by atoms with van der Waals surface area (Å²) in [4.78, 5) is 4.11. The molecule has 0 spiro atoms. The summed E-state index contributed by atoms with van der Waals surface area (Å²) < 4.78 is 29.4. The zero-order valence-corrected chi connectivity index (χ0v) is 11.7. The first-order valence-corrected chi connectivity index (χ1v) is 7.86. The van der Waals surface area contributed by atoms with Crippen molar-refractivity contribution in [2.75, 3.05) is 0 Å². The predicted octanol–water partition coefficient (Wildman–Crippen LogP) is 1.80. The van der Waals surface area contributed by atoms with Gasteiger partial charge in [-0.15, -0.1) is 0 Å². The monoisotopic (exact) mass is 301 g/mol. The third kappa shape index (κ3) is 3.45. The molecule has 0 fully saturated rings. The number of benzene rings is 1. The predicted molar refractivity (Wildman–Crippen MR) is 69.5 cm³/mol. The molecule has 0 amide bonds. The molecule has 0 aliphatic heterocycles. The van der Waals surface area contributed by atoms with Crippen molar-refractivity contribution in [3.63, 3.8) is 0 Å². The van der Waals surface area contributed by atoms with Crippen molar-refractivity contribution in [1.29, 1.82) is 0 Å². The number of halogens is 1. The maximum atomic E-state index is 11.1. The summed E-state index contributed by atoms with van der Waals surface area (Å²) in [6, 6.07) is 5.87. The van der Waals surface area contributed by atoms with Gasteiger partial charge in [0.05, 0.1) is 4.90 Å². The van der Waals surface area contributed by atoms with Crippen molar-refractivity contribution >= 4 is 19.7 Å². The van der Waals surface area contributed by atoms with Crippen LogP contribution in [0.2, 0.25) is 0 Å². The molecule has 0 saturated heterocycles. The molecule has 2 aromatic rings. The summed E-state index contributed by atoms with van der Waals surface area (Å²) in [5.74, 6) is 1.24. The largest absolute Gasteiger partial charge is 0.486 e. The third-order valence-electron chi connectivity index (χ3n) is 2.47. The highest BCUT2D eigenvalue weighted by molar-refractivity contribution is 8.13. The van der Waals surface area contributed by atoms with E-state index in [0.29, 0.717) is 18.1 Å². The van der Waals surface area contributed by atoms with Crippen LogP contribution in [0.5, 0.6) is 5.75 Å². The first-order valence-electron chi connectivity index (χ1n) is 5.55. The SMILES string of the molecule is CCn1ncnc1COc1ccc(S(=O)(=O)Cl)cc1. The van der Waals surface area contributed by atoms with E-state index < -0.39 is 9.05 Å². The molecule has 1 heterocycles. The van der Waals surface area contributed by atoms with Crippen LogP contribution >= 0.6 is 10.7 Å². The number of aryl methyl sites for hydroxylation is 1. The van der Waals surface area contributed by atoms with E-state index in [4.69, 9.17) is 15.4 Å². The van der Waals surface area contributed by atoms with E-state index in [1.54, 1.807) is 16.8 Å². The highest BCUT2D eigenvalue weighted by Crippen LogP contribution is 2.19. The molecule has 0 saturated carbocycles. The minimum Gasteiger partial charge on any atom is -0.486 e. The molecule has 0 radical (unpaired) electrons. The molecule has 0 unspecified atom stereocenters. The molecule has 2 rings (SSSR count). The van der Waals surface area contributed by atoms with Crippen LogP contribution in [0.3, 0.4) is 0 Å². The van der Waals surface area contributed by atoms with Gasteiger partial charge in [-0.05, 0) is 31.2 Å². The standard InChI is InChI=1S/C11H12ClN3O3S/c1-2-15-11(13-8-14-15)7-18-9-3-5-10(6-4-9)19(12,16)17/h3-6,8H,2,7H2,1H3. The molecule has 6 nitrogen and oxygen atoms in total. The normalized spacial score (nSPS) is 11.5. The van der Waals surface area contributed by atoms with Crippen LogP contribution in [-0.4, -0.2) is 23.2 Å². The van der Waals surface area contributed by atoms with Gasteiger partial charge in [-0.25, -0.2) is 18.1 Å². The van der Waals surface area contributed by atoms with Crippen molar-refractivity contribution in [2.45, 2.75) is 25.0 Å². The molecule has 102 valence electrons. The molecular formula is C11H12ClN3O3S. The van der Waals surface area contributed by atoms with Gasteiger partial charge in [0.2, 0.25) is 0 Å². The topological polar surface area (TPSA) is 74.1 Å². The van der Waals surface area contributed by atoms with Gasteiger partial charge in [-0.3, -0.25) is 0 Å². The fourth-order valence-electron chi connectivity index (χ4n) is 1.51. The molecule has 1 aromatic heterocycles. The van der Waals surface area contributed by atoms with Gasteiger partial charge in [0.1, 0.15) is 18.7 Å². The minimum atomic E-state index is -3.70. The molecule has 8 heteroatoms. The molecule has 0 atom stereocenters. The van der Waals surface area contributed by atoms with E-state index in [1.165, 1.54) is 18.5 Å². The lowest BCUT2D eigenvalue weighted by Crippen LogP contribution is -2.07. The van der Waals surface area contributed by atoms with Crippen molar-refractivity contribution < 1.29 is 13.2 Å². The Hall–Kier alpha value is -1.60. The number of ether oxygens (including phenoxy) is 1. The summed E-state index contributed by atoms with van der Waals surface area (Å²) in [5, 5.41) is 4.02. The second-order valence-corrected chi connectivity index (χ2v) is 6.26. The van der Waals surface area contributed by atoms with Crippen molar-refractivity contribution in [1.82, 2.24) is 14.8 Å². The quantitative estimate of drug-likeness (QED) is 0.787. The van der Waals surface area contributed by atoms with E-state index in [9.17, 15) is 8.42 Å². The average Bonchev–Trinajstić information content (AvgIpc) is 2.83. The zero-order chi connectivity index (χ0) is 13.9. The molecule has 0 aliphatic rings. The number of rotatable bonds is 5. The van der Waals surface area contributed by atoms with E-state index in [2.05, 4.69) is 10.1 Å². The Morgan fingerprint density at radius 1 is 1.32 bits per heavy atom. The molecule has 1 aromatic carbocycles. The first kappa shape index (κ1) is 13.8. The lowest BCUT2D eigenvalue weighted by atomic mass is 10.3. The van der Waals surface area contributed by atoms with Crippen LogP contribution < -0.4 is 4.74 Å². The van der Waals surface area contributed by atoms with Crippen molar-refractivity contribution in [2.24, 2.45) is 0 Å². The number of hydrogen-bond acceptors (Lipinski definition) is 5. The summed E-state index contributed by atoms with van der Waals surface area (Å²) in [7, 11) is 1.52. The summed E-state index contributed by atoms with van der Waals surface area (Å²) in [6.45, 7) is 2.93. The van der Waals surface area contributed by atoms with Gasteiger partial charge in [0.15, 0.2) is 5.82 Å². The van der Waals surface area contributed by atoms with Gasteiger partial charge < -0.3 is 4.74 Å². The lowest BCUT2D eigenvalue weighted by Gasteiger charge is -2.06. The number of hydrogen-bond donors (Lipinski definition) is 0. The van der Waals surface area contributed by atoms with E-state index in [-0.39, 0.29) is 11.5 Å². The Labute approximate surface area is 115 Å². The Kier molecular flexibility index (Phi) is 4.06. The molecule has 0 aliphatic carbocycles. The molecular weight excluding hydrogens is 290 g/mol. The van der Waals surface area contributed by atoms with Crippen LogP contribution in [-0.2, 0) is 22.2 Å². The summed E-state index contributed by atoms with van der Waals surface area (Å²) in [6.07, 6.45) is 1.46. The summed E-state index contributed by atoms with van der Waals surface area (Å²) >= 11 is 0. The molecule has 0 bridgehead atoms. The van der Waals surface area contributed by atoms with Crippen LogP contribution in [0.1, 0.15) is 12.7 Å².